The van der Waals surface area contributed by atoms with Crippen molar-refractivity contribution < 1.29 is 30.3 Å². The number of rotatable bonds is 2. The molecule has 4 atom stereocenters. The number of carboxylic acid groups (broad SMARTS) is 1. The molecular formula is C9H12N2O6. The highest BCUT2D eigenvalue weighted by Gasteiger charge is 2.41. The smallest absolute Gasteiger partial charge is 0.356 e. The zero-order valence-corrected chi connectivity index (χ0v) is 8.63. The van der Waals surface area contributed by atoms with Gasteiger partial charge in [-0.1, -0.05) is 0 Å². The fourth-order valence-electron chi connectivity index (χ4n) is 1.92. The summed E-state index contributed by atoms with van der Waals surface area (Å²) < 4.78 is 1.17. The molecule has 1 aliphatic heterocycles. The standard InChI is InChI=1S/C9H12N2O6/c12-2-4-5(13)6(14)7(15)8-10-3(9(16)17)1-11(4)8/h1,4-7,12-15H,2H2,(H,16,17)/t4-,5-,6+,7+/m1/s1. The lowest BCUT2D eigenvalue weighted by Gasteiger charge is -2.35. The van der Waals surface area contributed by atoms with E-state index in [9.17, 15) is 20.1 Å². The number of aliphatic hydroxyl groups is 4. The number of carbonyl (C=O) groups is 1. The van der Waals surface area contributed by atoms with Gasteiger partial charge < -0.3 is 30.1 Å². The second-order valence-electron chi connectivity index (χ2n) is 3.87. The summed E-state index contributed by atoms with van der Waals surface area (Å²) in [7, 11) is 0. The predicted molar refractivity (Wildman–Crippen MR) is 52.3 cm³/mol. The molecule has 0 aliphatic carbocycles. The first-order valence-electron chi connectivity index (χ1n) is 4.94. The van der Waals surface area contributed by atoms with Crippen LogP contribution in [0.25, 0.3) is 0 Å². The molecule has 0 saturated carbocycles. The van der Waals surface area contributed by atoms with Crippen LogP contribution in [-0.4, -0.2) is 59.9 Å². The molecular weight excluding hydrogens is 232 g/mol. The Balaban J connectivity index is 2.52. The molecule has 94 valence electrons. The molecule has 0 radical (unpaired) electrons. The van der Waals surface area contributed by atoms with Gasteiger partial charge in [0.1, 0.15) is 24.1 Å². The number of nitrogens with zero attached hydrogens (tertiary/aromatic N) is 2. The molecule has 2 heterocycles. The minimum absolute atomic E-state index is 0.0840. The van der Waals surface area contributed by atoms with E-state index in [1.807, 2.05) is 0 Å². The number of carboxylic acids is 1. The van der Waals surface area contributed by atoms with Gasteiger partial charge in [-0.2, -0.15) is 0 Å². The van der Waals surface area contributed by atoms with Gasteiger partial charge in [-0.05, 0) is 0 Å². The number of aromatic carboxylic acids is 1. The highest BCUT2D eigenvalue weighted by molar-refractivity contribution is 5.85. The van der Waals surface area contributed by atoms with E-state index in [1.54, 1.807) is 0 Å². The lowest BCUT2D eigenvalue weighted by Crippen LogP contribution is -2.46. The molecule has 8 nitrogen and oxygen atoms in total. The fourth-order valence-corrected chi connectivity index (χ4v) is 1.92. The average molecular weight is 244 g/mol. The molecule has 0 aromatic carbocycles. The number of hydrogen-bond acceptors (Lipinski definition) is 6. The molecule has 1 aromatic heterocycles. The van der Waals surface area contributed by atoms with Crippen LogP contribution in [0.1, 0.15) is 28.5 Å². The number of hydrogen-bond donors (Lipinski definition) is 5. The van der Waals surface area contributed by atoms with Gasteiger partial charge >= 0.3 is 5.97 Å². The largest absolute Gasteiger partial charge is 0.476 e. The minimum atomic E-state index is -1.51. The van der Waals surface area contributed by atoms with Gasteiger partial charge in [0.15, 0.2) is 5.69 Å². The third-order valence-corrected chi connectivity index (χ3v) is 2.86. The third kappa shape index (κ3) is 1.71. The Morgan fingerprint density at radius 3 is 2.53 bits per heavy atom. The number of aromatic nitrogens is 2. The van der Waals surface area contributed by atoms with Crippen molar-refractivity contribution in [3.8, 4) is 0 Å². The highest BCUT2D eigenvalue weighted by atomic mass is 16.4. The van der Waals surface area contributed by atoms with Crippen LogP contribution < -0.4 is 0 Å². The van der Waals surface area contributed by atoms with Crippen molar-refractivity contribution in [2.24, 2.45) is 0 Å². The van der Waals surface area contributed by atoms with Crippen molar-refractivity contribution in [1.29, 1.82) is 0 Å². The summed E-state index contributed by atoms with van der Waals surface area (Å²) in [5.41, 5.74) is -0.321. The van der Waals surface area contributed by atoms with E-state index in [0.29, 0.717) is 0 Å². The van der Waals surface area contributed by atoms with Gasteiger partial charge in [0, 0.05) is 6.20 Å². The van der Waals surface area contributed by atoms with Crippen LogP contribution in [0.15, 0.2) is 6.20 Å². The SMILES string of the molecule is O=C(O)c1cn2c(n1)[C@@H](O)[C@@H](O)[C@H](O)[C@H]2CO. The first kappa shape index (κ1) is 12.0. The lowest BCUT2D eigenvalue weighted by molar-refractivity contribution is -0.108. The van der Waals surface area contributed by atoms with Gasteiger partial charge in [0.25, 0.3) is 0 Å². The second kappa shape index (κ2) is 4.08. The van der Waals surface area contributed by atoms with E-state index >= 15 is 0 Å². The summed E-state index contributed by atoms with van der Waals surface area (Å²) in [5.74, 6) is -1.38. The van der Waals surface area contributed by atoms with Crippen LogP contribution in [-0.2, 0) is 0 Å². The molecule has 1 aromatic rings. The molecule has 0 saturated heterocycles. The van der Waals surface area contributed by atoms with Crippen LogP contribution >= 0.6 is 0 Å². The normalized spacial score (nSPS) is 32.2. The monoisotopic (exact) mass is 244 g/mol. The number of fused-ring (bicyclic) bond motifs is 1. The van der Waals surface area contributed by atoms with E-state index in [4.69, 9.17) is 10.2 Å². The summed E-state index contributed by atoms with van der Waals surface area (Å²) in [6.45, 7) is -0.507. The van der Waals surface area contributed by atoms with Crippen molar-refractivity contribution in [1.82, 2.24) is 9.55 Å². The summed E-state index contributed by atoms with van der Waals surface area (Å²) in [6.07, 6.45) is -3.28. The molecule has 0 spiro atoms. The minimum Gasteiger partial charge on any atom is -0.476 e. The molecule has 5 N–H and O–H groups in total. The maximum absolute atomic E-state index is 10.7. The Kier molecular flexibility index (Phi) is 2.87. The zero-order valence-electron chi connectivity index (χ0n) is 8.63. The average Bonchev–Trinajstić information content (AvgIpc) is 2.72. The molecule has 2 rings (SSSR count). The Morgan fingerprint density at radius 2 is 2.00 bits per heavy atom. The molecule has 8 heteroatoms. The number of imidazole rings is 1. The van der Waals surface area contributed by atoms with Gasteiger partial charge in [-0.15, -0.1) is 0 Å². The van der Waals surface area contributed by atoms with E-state index in [0.717, 1.165) is 6.20 Å². The van der Waals surface area contributed by atoms with Gasteiger partial charge in [-0.25, -0.2) is 9.78 Å². The van der Waals surface area contributed by atoms with E-state index in [-0.39, 0.29) is 11.5 Å². The van der Waals surface area contributed by atoms with Crippen LogP contribution in [0, 0.1) is 0 Å². The first-order chi connectivity index (χ1) is 7.97. The summed E-state index contributed by atoms with van der Waals surface area (Å²) >= 11 is 0. The van der Waals surface area contributed by atoms with E-state index in [2.05, 4.69) is 4.98 Å². The molecule has 0 bridgehead atoms. The highest BCUT2D eigenvalue weighted by Crippen LogP contribution is 2.32. The molecule has 17 heavy (non-hydrogen) atoms. The summed E-state index contributed by atoms with van der Waals surface area (Å²) in [4.78, 5) is 14.4. The molecule has 0 unspecified atom stereocenters. The Bertz CT molecular complexity index is 445. The van der Waals surface area contributed by atoms with Crippen molar-refractivity contribution in [2.45, 2.75) is 24.4 Å². The van der Waals surface area contributed by atoms with Crippen LogP contribution in [0.2, 0.25) is 0 Å². The fraction of sp³-hybridized carbons (Fsp3) is 0.556. The van der Waals surface area contributed by atoms with Gasteiger partial charge in [0.05, 0.1) is 12.6 Å². The quantitative estimate of drug-likeness (QED) is 0.401. The zero-order chi connectivity index (χ0) is 12.7. The maximum atomic E-state index is 10.7. The molecule has 1 aliphatic rings. The molecule has 0 amide bonds. The van der Waals surface area contributed by atoms with Crippen molar-refractivity contribution in [3.63, 3.8) is 0 Å². The molecule has 0 fully saturated rings. The van der Waals surface area contributed by atoms with Crippen molar-refractivity contribution in [3.05, 3.63) is 17.7 Å². The Hall–Kier alpha value is -1.48. The number of aliphatic hydroxyl groups excluding tert-OH is 4. The summed E-state index contributed by atoms with van der Waals surface area (Å²) in [6, 6.07) is -0.927. The van der Waals surface area contributed by atoms with E-state index in [1.165, 1.54) is 4.57 Å². The third-order valence-electron chi connectivity index (χ3n) is 2.86. The Morgan fingerprint density at radius 1 is 1.35 bits per heavy atom. The van der Waals surface area contributed by atoms with Crippen molar-refractivity contribution >= 4 is 5.97 Å². The second-order valence-corrected chi connectivity index (χ2v) is 3.87. The van der Waals surface area contributed by atoms with E-state index < -0.39 is 36.9 Å². The van der Waals surface area contributed by atoms with Gasteiger partial charge in [-0.3, -0.25) is 0 Å². The Labute approximate surface area is 95.4 Å². The van der Waals surface area contributed by atoms with Crippen molar-refractivity contribution in [2.75, 3.05) is 6.61 Å². The summed E-state index contributed by atoms with van der Waals surface area (Å²) in [5, 5.41) is 46.7. The van der Waals surface area contributed by atoms with Crippen LogP contribution in [0.5, 0.6) is 0 Å². The van der Waals surface area contributed by atoms with Crippen LogP contribution in [0.3, 0.4) is 0 Å². The van der Waals surface area contributed by atoms with Gasteiger partial charge in [0.2, 0.25) is 0 Å². The topological polar surface area (TPSA) is 136 Å². The lowest BCUT2D eigenvalue weighted by atomic mass is 9.96. The predicted octanol–water partition coefficient (Wildman–Crippen LogP) is -2.12. The maximum Gasteiger partial charge on any atom is 0.356 e. The van der Waals surface area contributed by atoms with Crippen LogP contribution in [0.4, 0.5) is 0 Å². The first-order valence-corrected chi connectivity index (χ1v) is 4.94.